The Morgan fingerprint density at radius 3 is 2.70 bits per heavy atom. The second-order valence-electron chi connectivity index (χ2n) is 9.62. The highest BCUT2D eigenvalue weighted by atomic mass is 35.5. The monoisotopic (exact) mass is 410 g/mol. The Kier molecular flexibility index (Phi) is 4.50. The van der Waals surface area contributed by atoms with Crippen LogP contribution in [0.25, 0.3) is 0 Å². The number of carbonyl (C=O) groups is 2. The molecule has 8 atom stereocenters. The lowest BCUT2D eigenvalue weighted by Gasteiger charge is -2.63. The molecular formula is C22H28Cl2O3. The first kappa shape index (κ1) is 19.7. The summed E-state index contributed by atoms with van der Waals surface area (Å²) in [6, 6.07) is 0. The van der Waals surface area contributed by atoms with Crippen LogP contribution in [0.3, 0.4) is 0 Å². The summed E-state index contributed by atoms with van der Waals surface area (Å²) in [4.78, 5) is 23.8. The first-order chi connectivity index (χ1) is 12.6. The van der Waals surface area contributed by atoms with Crippen molar-refractivity contribution < 1.29 is 14.7 Å². The number of halogens is 2. The summed E-state index contributed by atoms with van der Waals surface area (Å²) in [7, 11) is 0. The van der Waals surface area contributed by atoms with Crippen molar-refractivity contribution >= 4 is 34.8 Å². The van der Waals surface area contributed by atoms with Crippen molar-refractivity contribution in [3.8, 4) is 0 Å². The van der Waals surface area contributed by atoms with Crippen LogP contribution in [0.5, 0.6) is 0 Å². The summed E-state index contributed by atoms with van der Waals surface area (Å²) in [6.07, 6.45) is 8.67. The van der Waals surface area contributed by atoms with Gasteiger partial charge < -0.3 is 5.11 Å². The van der Waals surface area contributed by atoms with Crippen molar-refractivity contribution in [2.24, 2.45) is 34.5 Å². The lowest BCUT2D eigenvalue weighted by atomic mass is 9.47. The minimum atomic E-state index is -0.670. The molecule has 1 N–H and O–H groups in total. The Morgan fingerprint density at radius 2 is 2.04 bits per heavy atom. The second kappa shape index (κ2) is 6.18. The van der Waals surface area contributed by atoms with Gasteiger partial charge in [-0.05, 0) is 61.0 Å². The number of Topliss-reactive ketones (excluding diaryl/α,β-unsaturated/α-hetero) is 1. The third-order valence-corrected chi connectivity index (χ3v) is 9.99. The van der Waals surface area contributed by atoms with Gasteiger partial charge in [-0.25, -0.2) is 0 Å². The smallest absolute Gasteiger partial charge is 0.178 e. The lowest BCUT2D eigenvalue weighted by Crippen LogP contribution is -2.64. The van der Waals surface area contributed by atoms with Crippen LogP contribution < -0.4 is 0 Å². The van der Waals surface area contributed by atoms with Crippen molar-refractivity contribution in [3.63, 3.8) is 0 Å². The van der Waals surface area contributed by atoms with Gasteiger partial charge in [0, 0.05) is 11.3 Å². The van der Waals surface area contributed by atoms with E-state index in [1.165, 1.54) is 0 Å². The molecule has 0 amide bonds. The Hall–Kier alpha value is -0.640. The lowest BCUT2D eigenvalue weighted by molar-refractivity contribution is -0.133. The number of ketones is 2. The van der Waals surface area contributed by atoms with E-state index in [2.05, 4.69) is 20.8 Å². The maximum Gasteiger partial charge on any atom is 0.178 e. The Bertz CT molecular complexity index is 759. The maximum absolute atomic E-state index is 12.6. The van der Waals surface area contributed by atoms with Crippen LogP contribution in [-0.4, -0.2) is 33.5 Å². The molecule has 3 fully saturated rings. The molecule has 0 aromatic carbocycles. The molecule has 0 spiro atoms. The van der Waals surface area contributed by atoms with Crippen molar-refractivity contribution in [2.75, 3.05) is 6.61 Å². The highest BCUT2D eigenvalue weighted by molar-refractivity contribution is 6.34. The van der Waals surface area contributed by atoms with Gasteiger partial charge in [-0.3, -0.25) is 9.59 Å². The standard InChI is InChI=1S/C22H28Cl2O3/c1-12-8-16-15-5-4-13-9-14(26)6-7-21(13,3)22(15,24)18(23)10-20(16,2)19(12)17(27)11-25/h6-7,9,12,15-16,18-19,25H,4-5,8,10-11H2,1-3H3/t12-,15+,16+,18?,19-,20+,21+,22+/m1/s1. The Labute approximate surface area is 171 Å². The normalized spacial score (nSPS) is 51.3. The molecule has 5 heteroatoms. The highest BCUT2D eigenvalue weighted by Gasteiger charge is 2.70. The number of alkyl halides is 2. The number of aliphatic hydroxyl groups is 1. The van der Waals surface area contributed by atoms with E-state index in [1.807, 2.05) is 6.08 Å². The molecule has 0 aromatic rings. The zero-order valence-corrected chi connectivity index (χ0v) is 17.7. The quantitative estimate of drug-likeness (QED) is 0.690. The summed E-state index contributed by atoms with van der Waals surface area (Å²) in [5.74, 6) is 0.489. The molecule has 0 bridgehead atoms. The molecule has 0 saturated heterocycles. The van der Waals surface area contributed by atoms with Gasteiger partial charge >= 0.3 is 0 Å². The third-order valence-electron chi connectivity index (χ3n) is 8.44. The zero-order chi connectivity index (χ0) is 19.8. The average molecular weight is 411 g/mol. The minimum Gasteiger partial charge on any atom is -0.389 e. The number of carbonyl (C=O) groups excluding carboxylic acids is 2. The van der Waals surface area contributed by atoms with Crippen LogP contribution >= 0.6 is 23.2 Å². The number of rotatable bonds is 2. The fourth-order valence-corrected chi connectivity index (χ4v) is 8.54. The molecular weight excluding hydrogens is 383 g/mol. The average Bonchev–Trinajstić information content (AvgIpc) is 2.86. The van der Waals surface area contributed by atoms with E-state index < -0.39 is 16.9 Å². The Morgan fingerprint density at radius 1 is 1.33 bits per heavy atom. The third kappa shape index (κ3) is 2.37. The van der Waals surface area contributed by atoms with Crippen LogP contribution in [0.1, 0.15) is 46.5 Å². The van der Waals surface area contributed by atoms with E-state index in [1.54, 1.807) is 12.2 Å². The number of hydrogen-bond acceptors (Lipinski definition) is 3. The van der Waals surface area contributed by atoms with Crippen molar-refractivity contribution in [3.05, 3.63) is 23.8 Å². The summed E-state index contributed by atoms with van der Waals surface area (Å²) >= 11 is 14.5. The topological polar surface area (TPSA) is 54.4 Å². The van der Waals surface area contributed by atoms with Gasteiger partial charge in [-0.2, -0.15) is 0 Å². The van der Waals surface area contributed by atoms with Crippen molar-refractivity contribution in [1.29, 1.82) is 0 Å². The molecule has 4 aliphatic carbocycles. The second-order valence-corrected chi connectivity index (χ2v) is 10.8. The molecule has 0 radical (unpaired) electrons. The first-order valence-electron chi connectivity index (χ1n) is 10.0. The van der Waals surface area contributed by atoms with Gasteiger partial charge in [-0.15, -0.1) is 23.2 Å². The molecule has 0 aliphatic heterocycles. The highest BCUT2D eigenvalue weighted by Crippen LogP contribution is 2.71. The molecule has 0 aromatic heterocycles. The minimum absolute atomic E-state index is 0.0241. The fraction of sp³-hybridized carbons (Fsp3) is 0.727. The molecule has 4 aliphatic rings. The van der Waals surface area contributed by atoms with Crippen LogP contribution in [-0.2, 0) is 9.59 Å². The fourth-order valence-electron chi connectivity index (χ4n) is 7.30. The number of fused-ring (bicyclic) bond motifs is 5. The van der Waals surface area contributed by atoms with E-state index >= 15 is 0 Å². The molecule has 3 saturated carbocycles. The van der Waals surface area contributed by atoms with Crippen LogP contribution in [0.4, 0.5) is 0 Å². The summed E-state index contributed by atoms with van der Waals surface area (Å²) in [5.41, 5.74) is 0.409. The van der Waals surface area contributed by atoms with E-state index in [0.29, 0.717) is 12.3 Å². The molecule has 148 valence electrons. The molecule has 27 heavy (non-hydrogen) atoms. The van der Waals surface area contributed by atoms with E-state index in [4.69, 9.17) is 23.2 Å². The van der Waals surface area contributed by atoms with Crippen molar-refractivity contribution in [1.82, 2.24) is 0 Å². The summed E-state index contributed by atoms with van der Waals surface area (Å²) < 4.78 is 0. The predicted molar refractivity (Wildman–Crippen MR) is 107 cm³/mol. The van der Waals surface area contributed by atoms with Crippen LogP contribution in [0.2, 0.25) is 0 Å². The first-order valence-corrected chi connectivity index (χ1v) is 10.8. The van der Waals surface area contributed by atoms with E-state index in [9.17, 15) is 14.7 Å². The Balaban J connectivity index is 1.80. The van der Waals surface area contributed by atoms with Gasteiger partial charge in [0.05, 0.1) is 10.3 Å². The number of hydrogen-bond donors (Lipinski definition) is 1. The zero-order valence-electron chi connectivity index (χ0n) is 16.2. The van der Waals surface area contributed by atoms with Gasteiger partial charge in [0.25, 0.3) is 0 Å². The maximum atomic E-state index is 12.6. The van der Waals surface area contributed by atoms with Gasteiger partial charge in [0.15, 0.2) is 11.6 Å². The van der Waals surface area contributed by atoms with E-state index in [0.717, 1.165) is 24.8 Å². The van der Waals surface area contributed by atoms with Crippen LogP contribution in [0.15, 0.2) is 23.8 Å². The summed E-state index contributed by atoms with van der Waals surface area (Å²) in [5, 5.41) is 9.22. The molecule has 1 unspecified atom stereocenters. The van der Waals surface area contributed by atoms with Crippen LogP contribution in [0, 0.1) is 34.5 Å². The summed E-state index contributed by atoms with van der Waals surface area (Å²) in [6.45, 7) is 6.01. The SMILES string of the molecule is C[C@@H]1C[C@H]2[C@@H]3CCC4=CC(=O)C=C[C@]4(C)[C@@]3(Cl)C(Cl)C[C@]2(C)[C@H]1C(=O)CO. The number of aliphatic hydroxyl groups excluding tert-OH is 1. The van der Waals surface area contributed by atoms with Crippen molar-refractivity contribution in [2.45, 2.75) is 56.7 Å². The molecule has 0 heterocycles. The van der Waals surface area contributed by atoms with Gasteiger partial charge in [0.2, 0.25) is 0 Å². The molecule has 4 rings (SSSR count). The van der Waals surface area contributed by atoms with E-state index in [-0.39, 0.29) is 40.1 Å². The van der Waals surface area contributed by atoms with Gasteiger partial charge in [-0.1, -0.05) is 32.4 Å². The molecule has 3 nitrogen and oxygen atoms in total. The number of allylic oxidation sites excluding steroid dienone is 4. The largest absolute Gasteiger partial charge is 0.389 e. The van der Waals surface area contributed by atoms with Gasteiger partial charge in [0.1, 0.15) is 6.61 Å². The predicted octanol–water partition coefficient (Wildman–Crippen LogP) is 4.30.